The number of nitrogens with zero attached hydrogens (tertiary/aromatic N) is 1. The second kappa shape index (κ2) is 6.42. The van der Waals surface area contributed by atoms with Gasteiger partial charge in [0.2, 0.25) is 0 Å². The van der Waals surface area contributed by atoms with Crippen LogP contribution >= 0.6 is 12.2 Å². The predicted molar refractivity (Wildman–Crippen MR) is 111 cm³/mol. The van der Waals surface area contributed by atoms with Crippen LogP contribution in [-0.2, 0) is 0 Å². The first kappa shape index (κ1) is 15.4. The van der Waals surface area contributed by atoms with Crippen LogP contribution in [0.3, 0.4) is 0 Å². The van der Waals surface area contributed by atoms with Gasteiger partial charge in [-0.3, -0.25) is 5.43 Å². The Kier molecular flexibility index (Phi) is 3.96. The van der Waals surface area contributed by atoms with Crippen molar-refractivity contribution in [2.75, 3.05) is 10.4 Å². The Balaban J connectivity index is 1.83. The molecule has 0 unspecified atom stereocenters. The summed E-state index contributed by atoms with van der Waals surface area (Å²) in [4.78, 5) is 0. The number of hydrogen-bond donors (Lipinski definition) is 2. The number of anilines is 2. The highest BCUT2D eigenvalue weighted by Gasteiger charge is 2.14. The SMILES string of the molecule is NC(=S)N(Nc1cccc2ccccc12)c1cccc2ccccc12. The third-order valence-corrected chi connectivity index (χ3v) is 4.43. The molecule has 0 spiro atoms. The Morgan fingerprint density at radius 2 is 1.28 bits per heavy atom. The van der Waals surface area contributed by atoms with E-state index in [0.29, 0.717) is 0 Å². The first-order valence-corrected chi connectivity index (χ1v) is 8.46. The normalized spacial score (nSPS) is 10.7. The molecule has 0 aromatic heterocycles. The fourth-order valence-corrected chi connectivity index (χ4v) is 3.22. The van der Waals surface area contributed by atoms with E-state index in [9.17, 15) is 0 Å². The summed E-state index contributed by atoms with van der Waals surface area (Å²) in [5.41, 5.74) is 11.3. The summed E-state index contributed by atoms with van der Waals surface area (Å²) in [5.74, 6) is 0. The van der Waals surface area contributed by atoms with Gasteiger partial charge in [-0.15, -0.1) is 0 Å². The Morgan fingerprint density at radius 1 is 0.720 bits per heavy atom. The molecule has 0 aliphatic rings. The number of nitrogens with one attached hydrogen (secondary N) is 1. The van der Waals surface area contributed by atoms with E-state index in [4.69, 9.17) is 18.0 Å². The molecule has 4 aromatic rings. The molecule has 25 heavy (non-hydrogen) atoms. The van der Waals surface area contributed by atoms with E-state index in [1.165, 1.54) is 0 Å². The lowest BCUT2D eigenvalue weighted by atomic mass is 10.1. The first-order valence-electron chi connectivity index (χ1n) is 8.06. The minimum absolute atomic E-state index is 0.268. The number of benzene rings is 4. The Morgan fingerprint density at radius 3 is 2.00 bits per heavy atom. The number of hydrogen-bond acceptors (Lipinski definition) is 2. The molecular formula is C21H17N3S. The molecule has 0 atom stereocenters. The molecule has 0 aliphatic heterocycles. The molecule has 0 amide bonds. The van der Waals surface area contributed by atoms with Gasteiger partial charge in [0.05, 0.1) is 11.4 Å². The number of fused-ring (bicyclic) bond motifs is 2. The summed E-state index contributed by atoms with van der Waals surface area (Å²) in [7, 11) is 0. The van der Waals surface area contributed by atoms with Crippen LogP contribution in [0.1, 0.15) is 0 Å². The van der Waals surface area contributed by atoms with E-state index < -0.39 is 0 Å². The molecule has 4 aromatic carbocycles. The van der Waals surface area contributed by atoms with E-state index in [-0.39, 0.29) is 5.11 Å². The van der Waals surface area contributed by atoms with Crippen molar-refractivity contribution >= 4 is 50.2 Å². The predicted octanol–water partition coefficient (Wildman–Crippen LogP) is 5.07. The third-order valence-electron chi connectivity index (χ3n) is 4.25. The Bertz CT molecular complexity index is 1060. The molecule has 0 saturated carbocycles. The van der Waals surface area contributed by atoms with Gasteiger partial charge in [0.25, 0.3) is 0 Å². The van der Waals surface area contributed by atoms with Crippen molar-refractivity contribution in [2.24, 2.45) is 5.73 Å². The summed E-state index contributed by atoms with van der Waals surface area (Å²) < 4.78 is 0. The molecule has 0 fully saturated rings. The zero-order chi connectivity index (χ0) is 17.2. The van der Waals surface area contributed by atoms with Gasteiger partial charge in [0.15, 0.2) is 5.11 Å². The second-order valence-electron chi connectivity index (χ2n) is 5.81. The van der Waals surface area contributed by atoms with Crippen LogP contribution in [0.4, 0.5) is 11.4 Å². The van der Waals surface area contributed by atoms with Crippen molar-refractivity contribution in [3.05, 3.63) is 84.9 Å². The average molecular weight is 343 g/mol. The van der Waals surface area contributed by atoms with Gasteiger partial charge in [0.1, 0.15) is 0 Å². The second-order valence-corrected chi connectivity index (χ2v) is 6.23. The van der Waals surface area contributed by atoms with Crippen LogP contribution < -0.4 is 16.2 Å². The minimum atomic E-state index is 0.268. The number of thiocarbonyl (C=S) groups is 1. The molecule has 0 saturated heterocycles. The lowest BCUT2D eigenvalue weighted by Gasteiger charge is -2.26. The van der Waals surface area contributed by atoms with Crippen molar-refractivity contribution in [1.29, 1.82) is 0 Å². The standard InChI is InChI=1S/C21H17N3S/c22-21(25)24(20-14-6-10-16-8-2-4-12-18(16)20)23-19-13-5-9-15-7-1-3-11-17(15)19/h1-14,23H,(H2,22,25). The fourth-order valence-electron chi connectivity index (χ4n) is 3.08. The monoisotopic (exact) mass is 343 g/mol. The van der Waals surface area contributed by atoms with Crippen LogP contribution in [0.5, 0.6) is 0 Å². The Hall–Kier alpha value is -3.11. The van der Waals surface area contributed by atoms with Gasteiger partial charge in [-0.2, -0.15) is 0 Å². The van der Waals surface area contributed by atoms with Gasteiger partial charge in [0, 0.05) is 10.8 Å². The molecule has 0 radical (unpaired) electrons. The van der Waals surface area contributed by atoms with Crippen LogP contribution in [0.15, 0.2) is 84.9 Å². The first-order chi connectivity index (χ1) is 12.2. The van der Waals surface area contributed by atoms with Crippen molar-refractivity contribution in [1.82, 2.24) is 0 Å². The number of hydrazine groups is 1. The Labute approximate surface area is 151 Å². The average Bonchev–Trinajstić information content (AvgIpc) is 2.65. The number of nitrogens with two attached hydrogens (primary N) is 1. The zero-order valence-electron chi connectivity index (χ0n) is 13.5. The maximum Gasteiger partial charge on any atom is 0.190 e. The van der Waals surface area contributed by atoms with Crippen LogP contribution in [0.2, 0.25) is 0 Å². The van der Waals surface area contributed by atoms with Crippen molar-refractivity contribution in [3.63, 3.8) is 0 Å². The van der Waals surface area contributed by atoms with Gasteiger partial charge in [-0.1, -0.05) is 72.8 Å². The highest BCUT2D eigenvalue weighted by molar-refractivity contribution is 7.80. The molecule has 4 rings (SSSR count). The molecule has 4 heteroatoms. The van der Waals surface area contributed by atoms with Crippen molar-refractivity contribution in [2.45, 2.75) is 0 Å². The third kappa shape index (κ3) is 2.88. The zero-order valence-corrected chi connectivity index (χ0v) is 14.3. The molecule has 0 heterocycles. The van der Waals surface area contributed by atoms with Crippen LogP contribution in [0.25, 0.3) is 21.5 Å². The quantitative estimate of drug-likeness (QED) is 0.402. The summed E-state index contributed by atoms with van der Waals surface area (Å²) in [6.07, 6.45) is 0. The van der Waals surface area contributed by atoms with Gasteiger partial charge in [-0.25, -0.2) is 5.01 Å². The summed E-state index contributed by atoms with van der Waals surface area (Å²) in [5, 5.41) is 6.54. The lowest BCUT2D eigenvalue weighted by molar-refractivity contribution is 1.23. The molecular weight excluding hydrogens is 326 g/mol. The van der Waals surface area contributed by atoms with Gasteiger partial charge >= 0.3 is 0 Å². The maximum atomic E-state index is 6.05. The highest BCUT2D eigenvalue weighted by Crippen LogP contribution is 2.29. The highest BCUT2D eigenvalue weighted by atomic mass is 32.1. The van der Waals surface area contributed by atoms with Crippen molar-refractivity contribution < 1.29 is 0 Å². The van der Waals surface area contributed by atoms with E-state index in [1.807, 2.05) is 48.5 Å². The minimum Gasteiger partial charge on any atom is -0.374 e. The van der Waals surface area contributed by atoms with Gasteiger partial charge < -0.3 is 5.73 Å². The van der Waals surface area contributed by atoms with Crippen LogP contribution in [-0.4, -0.2) is 5.11 Å². The maximum absolute atomic E-state index is 6.05. The summed E-state index contributed by atoms with van der Waals surface area (Å²) in [6, 6.07) is 28.6. The molecule has 122 valence electrons. The van der Waals surface area contributed by atoms with E-state index in [2.05, 4.69) is 41.8 Å². The fraction of sp³-hybridized carbons (Fsp3) is 0. The smallest absolute Gasteiger partial charge is 0.190 e. The summed E-state index contributed by atoms with van der Waals surface area (Å²) in [6.45, 7) is 0. The van der Waals surface area contributed by atoms with Gasteiger partial charge in [-0.05, 0) is 35.1 Å². The molecule has 0 bridgehead atoms. The van der Waals surface area contributed by atoms with E-state index >= 15 is 0 Å². The number of rotatable bonds is 3. The molecule has 0 aliphatic carbocycles. The van der Waals surface area contributed by atoms with Crippen LogP contribution in [0, 0.1) is 0 Å². The molecule has 3 nitrogen and oxygen atoms in total. The largest absolute Gasteiger partial charge is 0.374 e. The summed E-state index contributed by atoms with van der Waals surface area (Å²) >= 11 is 5.33. The van der Waals surface area contributed by atoms with Crippen molar-refractivity contribution in [3.8, 4) is 0 Å². The topological polar surface area (TPSA) is 41.3 Å². The van der Waals surface area contributed by atoms with E-state index in [1.54, 1.807) is 5.01 Å². The molecule has 3 N–H and O–H groups in total. The van der Waals surface area contributed by atoms with E-state index in [0.717, 1.165) is 32.9 Å². The lowest BCUT2D eigenvalue weighted by Crippen LogP contribution is -2.40.